The number of rotatable bonds is 6. The number of halogens is 3. The van der Waals surface area contributed by atoms with Crippen LogP contribution in [0, 0.1) is 0 Å². The summed E-state index contributed by atoms with van der Waals surface area (Å²) >= 11 is 0. The SMILES string of the molecule is CC(C)OCC(O)CNCC(F)(F)F. The summed E-state index contributed by atoms with van der Waals surface area (Å²) in [6.07, 6.45) is -5.18. The predicted molar refractivity (Wildman–Crippen MR) is 46.0 cm³/mol. The summed E-state index contributed by atoms with van der Waals surface area (Å²) in [5.74, 6) is 0. The lowest BCUT2D eigenvalue weighted by molar-refractivity contribution is -0.126. The van der Waals surface area contributed by atoms with Crippen LogP contribution in [0.5, 0.6) is 0 Å². The summed E-state index contributed by atoms with van der Waals surface area (Å²) in [5.41, 5.74) is 0. The number of ether oxygens (including phenoxy) is 1. The van der Waals surface area contributed by atoms with E-state index in [1.807, 2.05) is 0 Å². The number of aliphatic hydroxyl groups is 1. The third-order valence-corrected chi connectivity index (χ3v) is 1.33. The molecule has 0 aromatic rings. The second kappa shape index (κ2) is 6.21. The van der Waals surface area contributed by atoms with Crippen LogP contribution in [0.3, 0.4) is 0 Å². The van der Waals surface area contributed by atoms with Crippen LogP contribution >= 0.6 is 0 Å². The van der Waals surface area contributed by atoms with Crippen LogP contribution in [-0.4, -0.2) is 43.2 Å². The minimum atomic E-state index is -4.24. The molecule has 2 N–H and O–H groups in total. The van der Waals surface area contributed by atoms with E-state index < -0.39 is 18.8 Å². The van der Waals surface area contributed by atoms with Crippen molar-refractivity contribution < 1.29 is 23.0 Å². The Labute approximate surface area is 81.2 Å². The molecule has 1 unspecified atom stereocenters. The van der Waals surface area contributed by atoms with Gasteiger partial charge in [0, 0.05) is 6.54 Å². The van der Waals surface area contributed by atoms with Gasteiger partial charge in [0.2, 0.25) is 0 Å². The average Bonchev–Trinajstić information content (AvgIpc) is 1.98. The second-order valence-corrected chi connectivity index (χ2v) is 3.28. The standard InChI is InChI=1S/C8H16F3NO2/c1-6(2)14-4-7(13)3-12-5-8(9,10)11/h6-7,12-13H,3-5H2,1-2H3. The Morgan fingerprint density at radius 2 is 1.93 bits per heavy atom. The van der Waals surface area contributed by atoms with Gasteiger partial charge in [-0.3, -0.25) is 0 Å². The number of nitrogens with one attached hydrogen (secondary N) is 1. The van der Waals surface area contributed by atoms with Crippen molar-refractivity contribution in [2.24, 2.45) is 0 Å². The Morgan fingerprint density at radius 1 is 1.36 bits per heavy atom. The van der Waals surface area contributed by atoms with E-state index in [1.54, 1.807) is 13.8 Å². The van der Waals surface area contributed by atoms with Gasteiger partial charge in [0.25, 0.3) is 0 Å². The third kappa shape index (κ3) is 9.76. The lowest BCUT2D eigenvalue weighted by Gasteiger charge is -2.14. The van der Waals surface area contributed by atoms with Crippen LogP contribution in [0.25, 0.3) is 0 Å². The summed E-state index contributed by atoms with van der Waals surface area (Å²) in [7, 11) is 0. The number of hydrogen-bond donors (Lipinski definition) is 2. The van der Waals surface area contributed by atoms with Gasteiger partial charge in [0.1, 0.15) is 0 Å². The van der Waals surface area contributed by atoms with Crippen LogP contribution in [0.1, 0.15) is 13.8 Å². The largest absolute Gasteiger partial charge is 0.401 e. The fourth-order valence-corrected chi connectivity index (χ4v) is 0.743. The van der Waals surface area contributed by atoms with E-state index in [-0.39, 0.29) is 19.3 Å². The fourth-order valence-electron chi connectivity index (χ4n) is 0.743. The van der Waals surface area contributed by atoms with E-state index in [1.165, 1.54) is 0 Å². The Hall–Kier alpha value is -0.330. The van der Waals surface area contributed by atoms with E-state index >= 15 is 0 Å². The Kier molecular flexibility index (Phi) is 6.06. The predicted octanol–water partition coefficient (Wildman–Crippen LogP) is 0.924. The highest BCUT2D eigenvalue weighted by molar-refractivity contribution is 4.62. The van der Waals surface area contributed by atoms with Gasteiger partial charge in [-0.1, -0.05) is 0 Å². The molecule has 3 nitrogen and oxygen atoms in total. The molecule has 0 spiro atoms. The molecule has 1 atom stereocenters. The number of alkyl halides is 3. The minimum absolute atomic E-state index is 0.0349. The summed E-state index contributed by atoms with van der Waals surface area (Å²) in [6, 6.07) is 0. The van der Waals surface area contributed by atoms with Gasteiger partial charge in [-0.2, -0.15) is 13.2 Å². The smallest absolute Gasteiger partial charge is 0.389 e. The highest BCUT2D eigenvalue weighted by atomic mass is 19.4. The van der Waals surface area contributed by atoms with Gasteiger partial charge in [0.15, 0.2) is 0 Å². The quantitative estimate of drug-likeness (QED) is 0.692. The molecule has 0 saturated carbocycles. The van der Waals surface area contributed by atoms with Crippen LogP contribution in [-0.2, 0) is 4.74 Å². The zero-order valence-corrected chi connectivity index (χ0v) is 8.27. The first-order valence-corrected chi connectivity index (χ1v) is 4.38. The first kappa shape index (κ1) is 13.7. The molecule has 6 heteroatoms. The third-order valence-electron chi connectivity index (χ3n) is 1.33. The molecule has 0 aliphatic rings. The Morgan fingerprint density at radius 3 is 2.36 bits per heavy atom. The zero-order valence-electron chi connectivity index (χ0n) is 8.27. The fraction of sp³-hybridized carbons (Fsp3) is 1.00. The molecule has 0 aliphatic heterocycles. The average molecular weight is 215 g/mol. The molecular formula is C8H16F3NO2. The van der Waals surface area contributed by atoms with Crippen molar-refractivity contribution in [3.8, 4) is 0 Å². The molecule has 0 aromatic heterocycles. The first-order chi connectivity index (χ1) is 6.31. The lowest BCUT2D eigenvalue weighted by atomic mass is 10.3. The van der Waals surface area contributed by atoms with Gasteiger partial charge in [-0.05, 0) is 13.8 Å². The van der Waals surface area contributed by atoms with Crippen molar-refractivity contribution in [2.75, 3.05) is 19.7 Å². The molecule has 0 aromatic carbocycles. The molecule has 0 amide bonds. The topological polar surface area (TPSA) is 41.5 Å². The molecule has 0 heterocycles. The normalized spacial score (nSPS) is 14.8. The zero-order chi connectivity index (χ0) is 11.2. The van der Waals surface area contributed by atoms with E-state index in [0.717, 1.165) is 0 Å². The molecule has 14 heavy (non-hydrogen) atoms. The summed E-state index contributed by atoms with van der Waals surface area (Å²) < 4.78 is 39.9. The summed E-state index contributed by atoms with van der Waals surface area (Å²) in [6.45, 7) is 2.41. The van der Waals surface area contributed by atoms with E-state index in [4.69, 9.17) is 9.84 Å². The molecule has 86 valence electrons. The van der Waals surface area contributed by atoms with Crippen LogP contribution in [0.4, 0.5) is 13.2 Å². The van der Waals surface area contributed by atoms with Crippen LogP contribution < -0.4 is 5.32 Å². The molecule has 0 bridgehead atoms. The highest BCUT2D eigenvalue weighted by Gasteiger charge is 2.26. The summed E-state index contributed by atoms with van der Waals surface area (Å²) in [5, 5.41) is 11.2. The Balaban J connectivity index is 3.40. The molecule has 0 fully saturated rings. The lowest BCUT2D eigenvalue weighted by Crippen LogP contribution is -2.36. The molecule has 0 aliphatic carbocycles. The monoisotopic (exact) mass is 215 g/mol. The van der Waals surface area contributed by atoms with Crippen molar-refractivity contribution in [2.45, 2.75) is 32.2 Å². The van der Waals surface area contributed by atoms with Crippen LogP contribution in [0.15, 0.2) is 0 Å². The van der Waals surface area contributed by atoms with Gasteiger partial charge in [-0.15, -0.1) is 0 Å². The molecule has 0 rings (SSSR count). The Bertz CT molecular complexity index is 150. The van der Waals surface area contributed by atoms with Gasteiger partial charge < -0.3 is 15.2 Å². The maximum Gasteiger partial charge on any atom is 0.401 e. The maximum atomic E-state index is 11.6. The summed E-state index contributed by atoms with van der Waals surface area (Å²) in [4.78, 5) is 0. The van der Waals surface area contributed by atoms with Crippen molar-refractivity contribution >= 4 is 0 Å². The van der Waals surface area contributed by atoms with Gasteiger partial charge in [0.05, 0.1) is 25.4 Å². The van der Waals surface area contributed by atoms with Crippen molar-refractivity contribution in [1.82, 2.24) is 5.32 Å². The van der Waals surface area contributed by atoms with E-state index in [0.29, 0.717) is 0 Å². The molecule has 0 radical (unpaired) electrons. The van der Waals surface area contributed by atoms with E-state index in [9.17, 15) is 13.2 Å². The second-order valence-electron chi connectivity index (χ2n) is 3.28. The molecule has 0 saturated heterocycles. The highest BCUT2D eigenvalue weighted by Crippen LogP contribution is 2.11. The maximum absolute atomic E-state index is 11.6. The van der Waals surface area contributed by atoms with E-state index in [2.05, 4.69) is 5.32 Å². The van der Waals surface area contributed by atoms with Gasteiger partial charge >= 0.3 is 6.18 Å². The molecular weight excluding hydrogens is 199 g/mol. The first-order valence-electron chi connectivity index (χ1n) is 4.38. The van der Waals surface area contributed by atoms with Crippen molar-refractivity contribution in [3.63, 3.8) is 0 Å². The van der Waals surface area contributed by atoms with Crippen molar-refractivity contribution in [3.05, 3.63) is 0 Å². The van der Waals surface area contributed by atoms with Crippen molar-refractivity contribution in [1.29, 1.82) is 0 Å². The van der Waals surface area contributed by atoms with Crippen LogP contribution in [0.2, 0.25) is 0 Å². The minimum Gasteiger partial charge on any atom is -0.389 e. The number of aliphatic hydroxyl groups excluding tert-OH is 1. The number of hydrogen-bond acceptors (Lipinski definition) is 3. The van der Waals surface area contributed by atoms with Gasteiger partial charge in [-0.25, -0.2) is 0 Å².